The average molecular weight is 313 g/mol. The number of hydrogen-bond acceptors (Lipinski definition) is 0. The summed E-state index contributed by atoms with van der Waals surface area (Å²) in [7, 11) is 0. The van der Waals surface area contributed by atoms with Gasteiger partial charge in [-0.1, -0.05) is 50.1 Å². The Morgan fingerprint density at radius 3 is 2.04 bits per heavy atom. The van der Waals surface area contributed by atoms with E-state index in [9.17, 15) is 8.78 Å². The Labute approximate surface area is 137 Å². The summed E-state index contributed by atoms with van der Waals surface area (Å²) in [6.45, 7) is 2.26. The number of rotatable bonds is 4. The number of hydrogen-bond donors (Lipinski definition) is 0. The van der Waals surface area contributed by atoms with Gasteiger partial charge >= 0.3 is 0 Å². The normalized spacial score (nSPS) is 16.7. The van der Waals surface area contributed by atoms with E-state index in [1.807, 2.05) is 12.1 Å². The van der Waals surface area contributed by atoms with Crippen LogP contribution in [0.25, 0.3) is 11.1 Å². The van der Waals surface area contributed by atoms with Gasteiger partial charge in [0.2, 0.25) is 0 Å². The van der Waals surface area contributed by atoms with Crippen LogP contribution in [0.5, 0.6) is 0 Å². The zero-order valence-electron chi connectivity index (χ0n) is 13.6. The summed E-state index contributed by atoms with van der Waals surface area (Å²) < 4.78 is 26.4. The smallest absolute Gasteiger partial charge is 0.159 e. The summed E-state index contributed by atoms with van der Waals surface area (Å²) in [5.74, 6) is 0.833. The molecule has 2 aromatic carbocycles. The highest BCUT2D eigenvalue weighted by atomic mass is 19.2. The lowest BCUT2D eigenvalue weighted by atomic mass is 9.77. The van der Waals surface area contributed by atoms with Crippen LogP contribution in [0.1, 0.15) is 51.0 Å². The van der Waals surface area contributed by atoms with Gasteiger partial charge in [0.25, 0.3) is 0 Å². The molecule has 1 fully saturated rings. The molecule has 0 amide bonds. The third-order valence-corrected chi connectivity index (χ3v) is 4.95. The molecular weight excluding hydrogens is 290 g/mol. The maximum absolute atomic E-state index is 13.4. The zero-order valence-corrected chi connectivity index (χ0v) is 13.6. The molecule has 1 aliphatic rings. The molecule has 0 N–H and O–H groups in total. The SMILES string of the molecule is CCCC1CC[C](c2ccc(-c3ccc(F)c(F)c3)cc2)CC1. The van der Waals surface area contributed by atoms with Crippen LogP contribution in [0, 0.1) is 23.5 Å². The van der Waals surface area contributed by atoms with E-state index in [0.29, 0.717) is 5.56 Å². The standard InChI is InChI=1S/C21H23F2/c1-2-3-15-4-6-16(7-5-15)17-8-10-18(11-9-17)19-12-13-20(22)21(23)14-19/h8-15H,2-7H2,1H3. The molecule has 0 spiro atoms. The summed E-state index contributed by atoms with van der Waals surface area (Å²) in [5.41, 5.74) is 2.94. The van der Waals surface area contributed by atoms with Gasteiger partial charge in [0.1, 0.15) is 0 Å². The van der Waals surface area contributed by atoms with Crippen LogP contribution in [-0.4, -0.2) is 0 Å². The van der Waals surface area contributed by atoms with Crippen LogP contribution in [0.2, 0.25) is 0 Å². The van der Waals surface area contributed by atoms with Crippen molar-refractivity contribution in [1.29, 1.82) is 0 Å². The average Bonchev–Trinajstić information content (AvgIpc) is 2.59. The molecule has 2 heteroatoms. The van der Waals surface area contributed by atoms with Crippen molar-refractivity contribution in [1.82, 2.24) is 0 Å². The minimum atomic E-state index is -0.801. The molecular formula is C21H23F2. The van der Waals surface area contributed by atoms with Crippen LogP contribution < -0.4 is 0 Å². The van der Waals surface area contributed by atoms with E-state index in [-0.39, 0.29) is 0 Å². The van der Waals surface area contributed by atoms with Crippen LogP contribution in [0.4, 0.5) is 8.78 Å². The highest BCUT2D eigenvalue weighted by Crippen LogP contribution is 2.37. The van der Waals surface area contributed by atoms with E-state index in [2.05, 4.69) is 19.1 Å². The number of benzene rings is 2. The minimum absolute atomic E-state index is 0.715. The first-order valence-electron chi connectivity index (χ1n) is 8.58. The quantitative estimate of drug-likeness (QED) is 0.601. The van der Waals surface area contributed by atoms with E-state index < -0.39 is 11.6 Å². The van der Waals surface area contributed by atoms with E-state index in [1.54, 1.807) is 6.07 Å². The van der Waals surface area contributed by atoms with E-state index in [1.165, 1.54) is 62.1 Å². The van der Waals surface area contributed by atoms with Gasteiger partial charge in [-0.2, -0.15) is 0 Å². The van der Waals surface area contributed by atoms with Gasteiger partial charge in [-0.25, -0.2) is 8.78 Å². The van der Waals surface area contributed by atoms with Crippen molar-refractivity contribution >= 4 is 0 Å². The largest absolute Gasteiger partial charge is 0.204 e. The van der Waals surface area contributed by atoms with Crippen LogP contribution >= 0.6 is 0 Å². The Hall–Kier alpha value is -1.70. The molecule has 0 atom stereocenters. The molecule has 0 aliphatic heterocycles. The molecule has 1 saturated carbocycles. The summed E-state index contributed by atoms with van der Waals surface area (Å²) in [4.78, 5) is 0. The third-order valence-electron chi connectivity index (χ3n) is 4.95. The topological polar surface area (TPSA) is 0 Å². The van der Waals surface area contributed by atoms with E-state index >= 15 is 0 Å². The molecule has 0 heterocycles. The first-order valence-corrected chi connectivity index (χ1v) is 8.58. The van der Waals surface area contributed by atoms with Crippen LogP contribution in [0.3, 0.4) is 0 Å². The monoisotopic (exact) mass is 313 g/mol. The Bertz CT molecular complexity index is 637. The lowest BCUT2D eigenvalue weighted by Gasteiger charge is -2.28. The maximum atomic E-state index is 13.4. The summed E-state index contributed by atoms with van der Waals surface area (Å²) in [6, 6.07) is 12.3. The predicted octanol–water partition coefficient (Wildman–Crippen LogP) is 6.54. The Morgan fingerprint density at radius 1 is 0.826 bits per heavy atom. The lowest BCUT2D eigenvalue weighted by molar-refractivity contribution is 0.360. The second-order valence-corrected chi connectivity index (χ2v) is 6.54. The van der Waals surface area contributed by atoms with Crippen LogP contribution in [0.15, 0.2) is 42.5 Å². The first-order chi connectivity index (χ1) is 11.2. The van der Waals surface area contributed by atoms with Crippen molar-refractivity contribution in [2.75, 3.05) is 0 Å². The van der Waals surface area contributed by atoms with Gasteiger partial charge in [0.15, 0.2) is 11.6 Å². The van der Waals surface area contributed by atoms with Gasteiger partial charge in [-0.3, -0.25) is 0 Å². The van der Waals surface area contributed by atoms with Gasteiger partial charge in [-0.15, -0.1) is 0 Å². The molecule has 0 aromatic heterocycles. The second kappa shape index (κ2) is 7.25. The molecule has 1 radical (unpaired) electrons. The highest BCUT2D eigenvalue weighted by Gasteiger charge is 2.22. The van der Waals surface area contributed by atoms with Gasteiger partial charge in [0.05, 0.1) is 0 Å². The van der Waals surface area contributed by atoms with Gasteiger partial charge in [-0.05, 0) is 60.4 Å². The molecule has 121 valence electrons. The minimum Gasteiger partial charge on any atom is -0.204 e. The van der Waals surface area contributed by atoms with Crippen molar-refractivity contribution < 1.29 is 8.78 Å². The van der Waals surface area contributed by atoms with Crippen molar-refractivity contribution in [2.45, 2.75) is 45.4 Å². The number of halogens is 2. The molecule has 0 bridgehead atoms. The van der Waals surface area contributed by atoms with E-state index in [0.717, 1.165) is 11.5 Å². The summed E-state index contributed by atoms with van der Waals surface area (Å²) >= 11 is 0. The molecule has 1 aliphatic carbocycles. The second-order valence-electron chi connectivity index (χ2n) is 6.54. The van der Waals surface area contributed by atoms with Crippen molar-refractivity contribution in [3.05, 3.63) is 65.6 Å². The summed E-state index contributed by atoms with van der Waals surface area (Å²) in [5, 5.41) is 0. The fraction of sp³-hybridized carbons (Fsp3) is 0.381. The fourth-order valence-electron chi connectivity index (χ4n) is 3.59. The third kappa shape index (κ3) is 3.80. The maximum Gasteiger partial charge on any atom is 0.159 e. The van der Waals surface area contributed by atoms with Crippen molar-refractivity contribution in [3.8, 4) is 11.1 Å². The van der Waals surface area contributed by atoms with Gasteiger partial charge in [0, 0.05) is 5.92 Å². The predicted molar refractivity (Wildman–Crippen MR) is 91.0 cm³/mol. The molecule has 23 heavy (non-hydrogen) atoms. The molecule has 3 rings (SSSR count). The molecule has 0 nitrogen and oxygen atoms in total. The highest BCUT2D eigenvalue weighted by molar-refractivity contribution is 5.64. The van der Waals surface area contributed by atoms with Crippen molar-refractivity contribution in [2.24, 2.45) is 5.92 Å². The van der Waals surface area contributed by atoms with Crippen molar-refractivity contribution in [3.63, 3.8) is 0 Å². The first kappa shape index (κ1) is 16.2. The van der Waals surface area contributed by atoms with Crippen LogP contribution in [-0.2, 0) is 0 Å². The zero-order chi connectivity index (χ0) is 16.2. The summed E-state index contributed by atoms with van der Waals surface area (Å²) in [6.07, 6.45) is 7.61. The molecule has 2 aromatic rings. The fourth-order valence-corrected chi connectivity index (χ4v) is 3.59. The molecule has 0 saturated heterocycles. The van der Waals surface area contributed by atoms with Gasteiger partial charge < -0.3 is 0 Å². The molecule has 0 unspecified atom stereocenters. The Morgan fingerprint density at radius 2 is 1.43 bits per heavy atom. The Balaban J connectivity index is 1.69. The Kier molecular flexibility index (Phi) is 5.09. The van der Waals surface area contributed by atoms with E-state index in [4.69, 9.17) is 0 Å². The lowest BCUT2D eigenvalue weighted by Crippen LogP contribution is -2.13.